The quantitative estimate of drug-likeness (QED) is 0.561. The molecule has 7 nitrogen and oxygen atoms in total. The van der Waals surface area contributed by atoms with Gasteiger partial charge in [0.15, 0.2) is 0 Å². The molecule has 0 saturated carbocycles. The number of halogens is 4. The third-order valence-corrected chi connectivity index (χ3v) is 6.39. The first-order valence-electron chi connectivity index (χ1n) is 9.35. The SMILES string of the molecule is COc1ccc([C@H]2Nn3c(C)nnc3S[C@@H]2C(=O)Nc2ccccc2C(F)(F)F)cc1Cl. The van der Waals surface area contributed by atoms with Gasteiger partial charge in [-0.2, -0.15) is 13.2 Å². The molecular weight excluding hydrogens is 467 g/mol. The van der Waals surface area contributed by atoms with Crippen molar-refractivity contribution in [1.82, 2.24) is 14.9 Å². The first-order chi connectivity index (χ1) is 15.2. The highest BCUT2D eigenvalue weighted by molar-refractivity contribution is 8.00. The number of rotatable bonds is 4. The molecule has 2 heterocycles. The van der Waals surface area contributed by atoms with Crippen LogP contribution >= 0.6 is 23.4 Å². The van der Waals surface area contributed by atoms with E-state index in [0.717, 1.165) is 17.8 Å². The van der Waals surface area contributed by atoms with Gasteiger partial charge in [0.1, 0.15) is 16.8 Å². The number of benzene rings is 2. The Morgan fingerprint density at radius 2 is 2.00 bits per heavy atom. The summed E-state index contributed by atoms with van der Waals surface area (Å²) in [5.41, 5.74) is 2.58. The first-order valence-corrected chi connectivity index (χ1v) is 10.6. The monoisotopic (exact) mass is 483 g/mol. The smallest absolute Gasteiger partial charge is 0.418 e. The topological polar surface area (TPSA) is 81.1 Å². The minimum Gasteiger partial charge on any atom is -0.495 e. The fraction of sp³-hybridized carbons (Fsp3) is 0.250. The third-order valence-electron chi connectivity index (χ3n) is 4.88. The fourth-order valence-corrected chi connectivity index (χ4v) is 4.72. The second-order valence-electron chi connectivity index (χ2n) is 6.94. The molecule has 2 atom stereocenters. The van der Waals surface area contributed by atoms with Crippen molar-refractivity contribution in [1.29, 1.82) is 0 Å². The Kier molecular flexibility index (Phi) is 5.95. The van der Waals surface area contributed by atoms with Gasteiger partial charge in [-0.15, -0.1) is 10.2 Å². The van der Waals surface area contributed by atoms with Crippen LogP contribution in [0.1, 0.15) is 23.0 Å². The van der Waals surface area contributed by atoms with E-state index >= 15 is 0 Å². The second-order valence-corrected chi connectivity index (χ2v) is 8.45. The predicted molar refractivity (Wildman–Crippen MR) is 115 cm³/mol. The molecule has 3 aromatic rings. The van der Waals surface area contributed by atoms with Crippen LogP contribution in [0, 0.1) is 6.92 Å². The van der Waals surface area contributed by atoms with Crippen LogP contribution in [-0.2, 0) is 11.0 Å². The molecule has 0 saturated heterocycles. The number of fused-ring (bicyclic) bond motifs is 1. The van der Waals surface area contributed by atoms with Crippen molar-refractivity contribution in [2.24, 2.45) is 0 Å². The lowest BCUT2D eigenvalue weighted by Crippen LogP contribution is -2.41. The molecule has 4 rings (SSSR count). The average molecular weight is 484 g/mol. The van der Waals surface area contributed by atoms with E-state index in [1.54, 1.807) is 29.8 Å². The number of para-hydroxylation sites is 1. The molecule has 32 heavy (non-hydrogen) atoms. The molecule has 0 fully saturated rings. The maximum atomic E-state index is 13.4. The van der Waals surface area contributed by atoms with E-state index in [4.69, 9.17) is 16.3 Å². The number of methoxy groups -OCH3 is 1. The van der Waals surface area contributed by atoms with Crippen LogP contribution in [-0.4, -0.2) is 33.1 Å². The molecule has 0 spiro atoms. The Morgan fingerprint density at radius 1 is 1.25 bits per heavy atom. The van der Waals surface area contributed by atoms with Crippen LogP contribution in [0.25, 0.3) is 0 Å². The largest absolute Gasteiger partial charge is 0.495 e. The number of ether oxygens (including phenoxy) is 1. The number of alkyl halides is 3. The zero-order chi connectivity index (χ0) is 23.0. The maximum absolute atomic E-state index is 13.4. The van der Waals surface area contributed by atoms with Crippen molar-refractivity contribution in [3.8, 4) is 5.75 Å². The summed E-state index contributed by atoms with van der Waals surface area (Å²) in [4.78, 5) is 13.2. The summed E-state index contributed by atoms with van der Waals surface area (Å²) < 4.78 is 47.0. The summed E-state index contributed by atoms with van der Waals surface area (Å²) in [7, 11) is 1.48. The van der Waals surface area contributed by atoms with Gasteiger partial charge in [-0.3, -0.25) is 4.79 Å². The Bertz CT molecular complexity index is 1170. The van der Waals surface area contributed by atoms with Crippen molar-refractivity contribution in [3.63, 3.8) is 0 Å². The highest BCUT2D eigenvalue weighted by Crippen LogP contribution is 2.40. The van der Waals surface area contributed by atoms with Gasteiger partial charge in [-0.25, -0.2) is 4.68 Å². The van der Waals surface area contributed by atoms with Gasteiger partial charge in [-0.1, -0.05) is 41.6 Å². The van der Waals surface area contributed by atoms with E-state index in [9.17, 15) is 18.0 Å². The van der Waals surface area contributed by atoms with Gasteiger partial charge >= 0.3 is 6.18 Å². The Hall–Kier alpha value is -2.92. The summed E-state index contributed by atoms with van der Waals surface area (Å²) in [5.74, 6) is 0.404. The molecule has 1 aliphatic rings. The second kappa shape index (κ2) is 8.55. The van der Waals surface area contributed by atoms with Gasteiger partial charge in [0.25, 0.3) is 0 Å². The molecule has 1 aliphatic heterocycles. The summed E-state index contributed by atoms with van der Waals surface area (Å²) in [6, 6.07) is 9.23. The van der Waals surface area contributed by atoms with Gasteiger partial charge in [0.2, 0.25) is 11.1 Å². The van der Waals surface area contributed by atoms with Crippen molar-refractivity contribution in [3.05, 3.63) is 64.4 Å². The van der Waals surface area contributed by atoms with Crippen molar-refractivity contribution in [2.75, 3.05) is 17.9 Å². The van der Waals surface area contributed by atoms with E-state index in [2.05, 4.69) is 20.9 Å². The minimum atomic E-state index is -4.61. The lowest BCUT2D eigenvalue weighted by Gasteiger charge is -2.33. The molecule has 0 aliphatic carbocycles. The molecule has 1 amide bonds. The molecule has 0 bridgehead atoms. The number of carbonyl (C=O) groups is 1. The van der Waals surface area contributed by atoms with Crippen LogP contribution in [0.15, 0.2) is 47.6 Å². The lowest BCUT2D eigenvalue weighted by molar-refractivity contribution is -0.137. The van der Waals surface area contributed by atoms with Gasteiger partial charge in [-0.05, 0) is 36.8 Å². The van der Waals surface area contributed by atoms with E-state index in [0.29, 0.717) is 27.3 Å². The number of nitrogens with zero attached hydrogens (tertiary/aromatic N) is 3. The molecule has 0 radical (unpaired) electrons. The number of nitrogens with one attached hydrogen (secondary N) is 2. The Labute approximate surface area is 190 Å². The number of amides is 1. The molecule has 2 aromatic carbocycles. The van der Waals surface area contributed by atoms with E-state index < -0.39 is 28.9 Å². The molecular formula is C20H17ClF3N5O2S. The predicted octanol–water partition coefficient (Wildman–Crippen LogP) is 4.67. The van der Waals surface area contributed by atoms with Crippen LogP contribution in [0.3, 0.4) is 0 Å². The van der Waals surface area contributed by atoms with Crippen LogP contribution < -0.4 is 15.5 Å². The zero-order valence-corrected chi connectivity index (χ0v) is 18.3. The number of carbonyl (C=O) groups excluding carboxylic acids is 1. The summed E-state index contributed by atoms with van der Waals surface area (Å²) in [6.45, 7) is 1.74. The molecule has 12 heteroatoms. The average Bonchev–Trinajstić information content (AvgIpc) is 3.12. The Balaban J connectivity index is 1.70. The number of hydrogen-bond donors (Lipinski definition) is 2. The van der Waals surface area contributed by atoms with E-state index in [1.807, 2.05) is 0 Å². The van der Waals surface area contributed by atoms with Crippen LogP contribution in [0.5, 0.6) is 5.75 Å². The lowest BCUT2D eigenvalue weighted by atomic mass is 10.0. The molecule has 0 unspecified atom stereocenters. The standard InChI is InChI=1S/C20H17ClF3N5O2S/c1-10-26-27-19-29(10)28-16(11-7-8-15(31-2)13(21)9-11)17(32-19)18(30)25-14-6-4-3-5-12(14)20(22,23)24/h3-9,16-17,28H,1-2H3,(H,25,30)/t16-,17+/m1/s1. The van der Waals surface area contributed by atoms with Crippen molar-refractivity contribution in [2.45, 2.75) is 29.5 Å². The summed E-state index contributed by atoms with van der Waals surface area (Å²) >= 11 is 7.37. The first kappa shape index (κ1) is 22.3. The molecule has 1 aromatic heterocycles. The fourth-order valence-electron chi connectivity index (χ4n) is 3.33. The van der Waals surface area contributed by atoms with Crippen molar-refractivity contribution < 1.29 is 22.7 Å². The van der Waals surface area contributed by atoms with Gasteiger partial charge in [0, 0.05) is 0 Å². The molecule has 168 valence electrons. The van der Waals surface area contributed by atoms with Crippen LogP contribution in [0.2, 0.25) is 5.02 Å². The number of anilines is 1. The molecule has 2 N–H and O–H groups in total. The Morgan fingerprint density at radius 3 is 2.69 bits per heavy atom. The number of aromatic nitrogens is 3. The highest BCUT2D eigenvalue weighted by Gasteiger charge is 2.39. The zero-order valence-electron chi connectivity index (χ0n) is 16.8. The number of thioether (sulfide) groups is 1. The highest BCUT2D eigenvalue weighted by atomic mass is 35.5. The van der Waals surface area contributed by atoms with Gasteiger partial charge in [0.05, 0.1) is 29.4 Å². The van der Waals surface area contributed by atoms with Crippen LogP contribution in [0.4, 0.5) is 18.9 Å². The maximum Gasteiger partial charge on any atom is 0.418 e. The van der Waals surface area contributed by atoms with E-state index in [-0.39, 0.29) is 5.69 Å². The van der Waals surface area contributed by atoms with E-state index in [1.165, 1.54) is 25.3 Å². The third kappa shape index (κ3) is 4.22. The number of hydrogen-bond acceptors (Lipinski definition) is 6. The number of aryl methyl sites for hydroxylation is 1. The normalized spacial score (nSPS) is 17.9. The van der Waals surface area contributed by atoms with Gasteiger partial charge < -0.3 is 15.5 Å². The summed E-state index contributed by atoms with van der Waals surface area (Å²) in [6.07, 6.45) is -4.61. The summed E-state index contributed by atoms with van der Waals surface area (Å²) in [5, 5.41) is 10.4. The van der Waals surface area contributed by atoms with Crippen molar-refractivity contribution >= 4 is 35.0 Å². The minimum absolute atomic E-state index is 0.319.